The van der Waals surface area contributed by atoms with E-state index in [1.54, 1.807) is 19.1 Å². The van der Waals surface area contributed by atoms with Crippen molar-refractivity contribution in [1.82, 2.24) is 15.1 Å². The fourth-order valence-electron chi connectivity index (χ4n) is 2.46. The van der Waals surface area contributed by atoms with Crippen LogP contribution in [-0.4, -0.2) is 67.2 Å². The maximum absolute atomic E-state index is 12.1. The van der Waals surface area contributed by atoms with Gasteiger partial charge in [-0.2, -0.15) is 5.10 Å². The molecule has 1 aliphatic heterocycles. The Hall–Kier alpha value is -1.07. The second-order valence-electron chi connectivity index (χ2n) is 6.53. The topological polar surface area (TPSA) is 79.9 Å². The number of amides is 1. The Labute approximate surface area is 155 Å². The molecule has 1 aliphatic rings. The van der Waals surface area contributed by atoms with Crippen LogP contribution in [0.5, 0.6) is 0 Å². The lowest BCUT2D eigenvalue weighted by Crippen LogP contribution is -2.50. The van der Waals surface area contributed by atoms with E-state index in [1.165, 1.54) is 0 Å². The molecule has 0 unspecified atom stereocenters. The van der Waals surface area contributed by atoms with Crippen molar-refractivity contribution in [3.8, 4) is 0 Å². The number of carbonyl (C=O) groups is 1. The molecule has 2 heterocycles. The summed E-state index contributed by atoms with van der Waals surface area (Å²) >= 11 is 2.24. The van der Waals surface area contributed by atoms with Gasteiger partial charge in [0.2, 0.25) is 6.29 Å². The summed E-state index contributed by atoms with van der Waals surface area (Å²) in [7, 11) is 3.16. The Bertz CT molecular complexity index is 560. The first-order chi connectivity index (χ1) is 11.3. The molecule has 9 heteroatoms. The number of hydrogen-bond acceptors (Lipinski definition) is 6. The van der Waals surface area contributed by atoms with E-state index in [1.807, 2.05) is 20.8 Å². The maximum Gasteiger partial charge on any atom is 0.410 e. The van der Waals surface area contributed by atoms with Gasteiger partial charge in [0.05, 0.1) is 3.57 Å². The lowest BCUT2D eigenvalue weighted by molar-refractivity contribution is -0.109. The van der Waals surface area contributed by atoms with Gasteiger partial charge in [-0.1, -0.05) is 0 Å². The van der Waals surface area contributed by atoms with Crippen molar-refractivity contribution in [2.24, 2.45) is 0 Å². The number of rotatable bonds is 4. The van der Waals surface area contributed by atoms with Crippen LogP contribution in [0.2, 0.25) is 0 Å². The van der Waals surface area contributed by atoms with Crippen LogP contribution >= 0.6 is 22.6 Å². The number of halogens is 1. The highest BCUT2D eigenvalue weighted by molar-refractivity contribution is 14.1. The quantitative estimate of drug-likeness (QED) is 0.558. The number of carbonyl (C=O) groups excluding carboxylic acids is 1. The van der Waals surface area contributed by atoms with Crippen molar-refractivity contribution < 1.29 is 19.0 Å². The van der Waals surface area contributed by atoms with Crippen molar-refractivity contribution >= 4 is 34.5 Å². The van der Waals surface area contributed by atoms with Crippen LogP contribution in [0.15, 0.2) is 0 Å². The van der Waals surface area contributed by atoms with E-state index in [0.29, 0.717) is 26.2 Å². The minimum Gasteiger partial charge on any atom is -0.444 e. The van der Waals surface area contributed by atoms with Gasteiger partial charge in [0.25, 0.3) is 0 Å². The molecule has 1 fully saturated rings. The number of aromatic amines is 1. The second kappa shape index (κ2) is 7.87. The van der Waals surface area contributed by atoms with Crippen molar-refractivity contribution in [3.63, 3.8) is 0 Å². The molecule has 136 valence electrons. The molecule has 0 aliphatic carbocycles. The van der Waals surface area contributed by atoms with Gasteiger partial charge in [-0.3, -0.25) is 5.10 Å². The summed E-state index contributed by atoms with van der Waals surface area (Å²) in [5.74, 6) is 0.925. The zero-order chi connectivity index (χ0) is 17.9. The number of aromatic nitrogens is 2. The van der Waals surface area contributed by atoms with E-state index in [2.05, 4.69) is 37.7 Å². The first-order valence-electron chi connectivity index (χ1n) is 7.79. The number of piperazine rings is 1. The SMILES string of the molecule is COC(OC)c1n[nH]c(N2CCN(C(=O)OC(C)(C)C)CC2)c1I. The highest BCUT2D eigenvalue weighted by Gasteiger charge is 2.29. The van der Waals surface area contributed by atoms with E-state index in [-0.39, 0.29) is 6.09 Å². The predicted molar refractivity (Wildman–Crippen MR) is 98.1 cm³/mol. The summed E-state index contributed by atoms with van der Waals surface area (Å²) in [4.78, 5) is 16.0. The number of nitrogens with one attached hydrogen (secondary N) is 1. The number of H-pyrrole nitrogens is 1. The van der Waals surface area contributed by atoms with Gasteiger partial charge in [-0.25, -0.2) is 4.79 Å². The van der Waals surface area contributed by atoms with E-state index in [4.69, 9.17) is 14.2 Å². The summed E-state index contributed by atoms with van der Waals surface area (Å²) in [6.45, 7) is 8.25. The first-order valence-corrected chi connectivity index (χ1v) is 8.87. The second-order valence-corrected chi connectivity index (χ2v) is 7.61. The molecule has 1 aromatic heterocycles. The van der Waals surface area contributed by atoms with Crippen LogP contribution in [0.25, 0.3) is 0 Å². The minimum atomic E-state index is -0.495. The number of anilines is 1. The van der Waals surface area contributed by atoms with E-state index in [0.717, 1.165) is 15.1 Å². The Balaban J connectivity index is 1.99. The minimum absolute atomic E-state index is 0.263. The number of methoxy groups -OCH3 is 2. The highest BCUT2D eigenvalue weighted by atomic mass is 127. The normalized spacial score (nSPS) is 16.0. The van der Waals surface area contributed by atoms with Crippen molar-refractivity contribution in [2.45, 2.75) is 32.7 Å². The summed E-state index contributed by atoms with van der Waals surface area (Å²) in [6.07, 6.45) is -0.758. The molecular formula is C15H25IN4O4. The first kappa shape index (κ1) is 19.3. The van der Waals surface area contributed by atoms with Gasteiger partial charge < -0.3 is 24.0 Å². The third-order valence-electron chi connectivity index (χ3n) is 3.61. The average Bonchev–Trinajstić information content (AvgIpc) is 2.89. The molecule has 1 N–H and O–H groups in total. The van der Waals surface area contributed by atoms with Gasteiger partial charge in [0.1, 0.15) is 17.1 Å². The molecule has 0 spiro atoms. The summed E-state index contributed by atoms with van der Waals surface area (Å²) < 4.78 is 16.9. The Morgan fingerprint density at radius 1 is 1.21 bits per heavy atom. The molecule has 0 radical (unpaired) electrons. The molecule has 0 saturated carbocycles. The van der Waals surface area contributed by atoms with Gasteiger partial charge in [0, 0.05) is 40.4 Å². The standard InChI is InChI=1S/C15H25IN4O4/c1-15(2,3)24-14(21)20-8-6-19(7-9-20)12-10(16)11(17-18-12)13(22-4)23-5/h13H,6-9H2,1-5H3,(H,17,18). The molecule has 1 amide bonds. The fourth-order valence-corrected chi connectivity index (χ4v) is 3.29. The summed E-state index contributed by atoms with van der Waals surface area (Å²) in [6, 6.07) is 0. The lowest BCUT2D eigenvalue weighted by atomic mass is 10.2. The van der Waals surface area contributed by atoms with Crippen LogP contribution in [0.1, 0.15) is 32.8 Å². The average molecular weight is 452 g/mol. The Morgan fingerprint density at radius 3 is 2.29 bits per heavy atom. The maximum atomic E-state index is 12.1. The van der Waals surface area contributed by atoms with Crippen molar-refractivity contribution in [2.75, 3.05) is 45.3 Å². The smallest absolute Gasteiger partial charge is 0.410 e. The van der Waals surface area contributed by atoms with Crippen molar-refractivity contribution in [1.29, 1.82) is 0 Å². The van der Waals surface area contributed by atoms with Gasteiger partial charge in [-0.05, 0) is 43.4 Å². The van der Waals surface area contributed by atoms with Crippen LogP contribution in [0, 0.1) is 3.57 Å². The van der Waals surface area contributed by atoms with E-state index >= 15 is 0 Å². The van der Waals surface area contributed by atoms with E-state index in [9.17, 15) is 4.79 Å². The summed E-state index contributed by atoms with van der Waals surface area (Å²) in [5.41, 5.74) is 0.252. The predicted octanol–water partition coefficient (Wildman–Crippen LogP) is 2.36. The van der Waals surface area contributed by atoms with Crippen LogP contribution in [-0.2, 0) is 14.2 Å². The molecule has 2 rings (SSSR count). The Kier molecular flexibility index (Phi) is 6.32. The molecule has 1 aromatic rings. The molecule has 1 saturated heterocycles. The third kappa shape index (κ3) is 4.51. The molecule has 24 heavy (non-hydrogen) atoms. The van der Waals surface area contributed by atoms with Crippen molar-refractivity contribution in [3.05, 3.63) is 9.26 Å². The van der Waals surface area contributed by atoms with E-state index < -0.39 is 11.9 Å². The lowest BCUT2D eigenvalue weighted by Gasteiger charge is -2.36. The van der Waals surface area contributed by atoms with Gasteiger partial charge in [-0.15, -0.1) is 0 Å². The Morgan fingerprint density at radius 2 is 1.79 bits per heavy atom. The molecule has 0 aromatic carbocycles. The molecule has 8 nitrogen and oxygen atoms in total. The molecule has 0 bridgehead atoms. The zero-order valence-corrected chi connectivity index (χ0v) is 16.9. The molecular weight excluding hydrogens is 427 g/mol. The number of hydrogen-bond donors (Lipinski definition) is 1. The zero-order valence-electron chi connectivity index (χ0n) is 14.8. The highest BCUT2D eigenvalue weighted by Crippen LogP contribution is 2.29. The van der Waals surface area contributed by atoms with Crippen LogP contribution < -0.4 is 4.90 Å². The monoisotopic (exact) mass is 452 g/mol. The van der Waals surface area contributed by atoms with Crippen LogP contribution in [0.3, 0.4) is 0 Å². The molecule has 0 atom stereocenters. The number of ether oxygens (including phenoxy) is 3. The van der Waals surface area contributed by atoms with Gasteiger partial charge in [0.15, 0.2) is 0 Å². The number of nitrogens with zero attached hydrogens (tertiary/aromatic N) is 3. The van der Waals surface area contributed by atoms with Gasteiger partial charge >= 0.3 is 6.09 Å². The fraction of sp³-hybridized carbons (Fsp3) is 0.733. The largest absolute Gasteiger partial charge is 0.444 e. The van der Waals surface area contributed by atoms with Crippen LogP contribution in [0.4, 0.5) is 10.6 Å². The third-order valence-corrected chi connectivity index (χ3v) is 4.68. The summed E-state index contributed by atoms with van der Waals surface area (Å²) in [5, 5.41) is 7.36.